The number of nitrogens with one attached hydrogen (secondary N) is 1. The van der Waals surface area contributed by atoms with Gasteiger partial charge in [-0.3, -0.25) is 4.98 Å². The molecule has 0 radical (unpaired) electrons. The van der Waals surface area contributed by atoms with Crippen molar-refractivity contribution in [2.24, 2.45) is 5.92 Å². The lowest BCUT2D eigenvalue weighted by molar-refractivity contribution is 0.0471. The molecule has 6 nitrogen and oxygen atoms in total. The van der Waals surface area contributed by atoms with Crippen molar-refractivity contribution in [1.82, 2.24) is 10.3 Å². The maximum Gasteiger partial charge on any atom is 0.407 e. The van der Waals surface area contributed by atoms with Crippen LogP contribution in [0.15, 0.2) is 53.0 Å². The number of aryl methyl sites for hydroxylation is 2. The highest BCUT2D eigenvalue weighted by atomic mass is 79.9. The quantitative estimate of drug-likeness (QED) is 0.276. The summed E-state index contributed by atoms with van der Waals surface area (Å²) in [7, 11) is 0. The zero-order valence-corrected chi connectivity index (χ0v) is 24.9. The molecule has 7 heteroatoms. The highest BCUT2D eigenvalue weighted by Gasteiger charge is 2.26. The lowest BCUT2D eigenvalue weighted by Gasteiger charge is -2.23. The summed E-state index contributed by atoms with van der Waals surface area (Å²) in [6.07, 6.45) is 0.169. The van der Waals surface area contributed by atoms with E-state index >= 15 is 0 Å². The van der Waals surface area contributed by atoms with Crippen LogP contribution in [0.1, 0.15) is 73.1 Å². The van der Waals surface area contributed by atoms with Gasteiger partial charge in [0.1, 0.15) is 12.2 Å². The second kappa shape index (κ2) is 12.6. The van der Waals surface area contributed by atoms with E-state index in [0.717, 1.165) is 38.0 Å². The second-order valence-corrected chi connectivity index (χ2v) is 11.8. The molecule has 0 bridgehead atoms. The van der Waals surface area contributed by atoms with Crippen LogP contribution < -0.4 is 5.32 Å². The number of amides is 1. The molecule has 3 rings (SSSR count). The van der Waals surface area contributed by atoms with Crippen LogP contribution in [0.4, 0.5) is 4.79 Å². The first-order valence-electron chi connectivity index (χ1n) is 12.8. The maximum atomic E-state index is 13.6. The van der Waals surface area contributed by atoms with Gasteiger partial charge in [0, 0.05) is 27.8 Å². The van der Waals surface area contributed by atoms with Gasteiger partial charge in [-0.1, -0.05) is 71.7 Å². The number of carbonyl (C=O) groups is 2. The molecule has 0 saturated carbocycles. The number of alkyl carbamates (subject to hydrolysis) is 1. The Labute approximate surface area is 234 Å². The highest BCUT2D eigenvalue weighted by molar-refractivity contribution is 9.10. The minimum absolute atomic E-state index is 0.137. The van der Waals surface area contributed by atoms with Crippen molar-refractivity contribution in [3.63, 3.8) is 0 Å². The van der Waals surface area contributed by atoms with Crippen molar-refractivity contribution in [2.45, 2.75) is 73.6 Å². The van der Waals surface area contributed by atoms with E-state index in [9.17, 15) is 9.59 Å². The molecule has 2 aromatic carbocycles. The number of rotatable bonds is 8. The fourth-order valence-corrected chi connectivity index (χ4v) is 4.38. The number of benzene rings is 2. The largest absolute Gasteiger partial charge is 0.457 e. The van der Waals surface area contributed by atoms with E-state index in [1.807, 2.05) is 83.1 Å². The second-order valence-electron chi connectivity index (χ2n) is 10.9. The van der Waals surface area contributed by atoms with E-state index in [2.05, 4.69) is 35.1 Å². The van der Waals surface area contributed by atoms with Gasteiger partial charge in [0.05, 0.1) is 11.3 Å². The normalized spacial score (nSPS) is 11.4. The maximum absolute atomic E-state index is 13.6. The van der Waals surface area contributed by atoms with Crippen LogP contribution in [0, 0.1) is 19.8 Å². The van der Waals surface area contributed by atoms with Gasteiger partial charge < -0.3 is 14.8 Å². The zero-order valence-electron chi connectivity index (χ0n) is 23.3. The molecule has 1 heterocycles. The average molecular weight is 582 g/mol. The van der Waals surface area contributed by atoms with Crippen molar-refractivity contribution < 1.29 is 19.1 Å². The molecule has 1 aromatic heterocycles. The minimum Gasteiger partial charge on any atom is -0.457 e. The van der Waals surface area contributed by atoms with Crippen molar-refractivity contribution in [1.29, 1.82) is 0 Å². The number of esters is 1. The van der Waals surface area contributed by atoms with E-state index < -0.39 is 17.7 Å². The van der Waals surface area contributed by atoms with E-state index in [4.69, 9.17) is 14.5 Å². The zero-order chi connectivity index (χ0) is 28.0. The van der Waals surface area contributed by atoms with E-state index in [1.165, 1.54) is 0 Å². The van der Waals surface area contributed by atoms with Gasteiger partial charge in [-0.25, -0.2) is 9.59 Å². The summed E-state index contributed by atoms with van der Waals surface area (Å²) in [4.78, 5) is 31.0. The van der Waals surface area contributed by atoms with Crippen LogP contribution in [-0.2, 0) is 29.0 Å². The molecule has 0 spiro atoms. The number of halogens is 1. The van der Waals surface area contributed by atoms with Gasteiger partial charge in [0.15, 0.2) is 0 Å². The van der Waals surface area contributed by atoms with E-state index in [0.29, 0.717) is 23.6 Å². The molecule has 0 unspecified atom stereocenters. The molecule has 38 heavy (non-hydrogen) atoms. The third-order valence-electron chi connectivity index (χ3n) is 5.80. The van der Waals surface area contributed by atoms with Gasteiger partial charge in [-0.05, 0) is 70.2 Å². The van der Waals surface area contributed by atoms with Crippen LogP contribution >= 0.6 is 15.9 Å². The Morgan fingerprint density at radius 2 is 1.63 bits per heavy atom. The van der Waals surface area contributed by atoms with Gasteiger partial charge in [-0.15, -0.1) is 0 Å². The van der Waals surface area contributed by atoms with E-state index in [1.54, 1.807) is 0 Å². The van der Waals surface area contributed by atoms with Crippen molar-refractivity contribution in [2.75, 3.05) is 0 Å². The summed E-state index contributed by atoms with van der Waals surface area (Å²) in [6.45, 7) is 13.9. The lowest BCUT2D eigenvalue weighted by Crippen LogP contribution is -2.32. The molecule has 0 fully saturated rings. The molecular formula is C31H37BrN2O4. The smallest absolute Gasteiger partial charge is 0.407 e. The van der Waals surface area contributed by atoms with Crippen LogP contribution in [0.5, 0.6) is 0 Å². The van der Waals surface area contributed by atoms with Gasteiger partial charge in [0.25, 0.3) is 0 Å². The molecule has 0 atom stereocenters. The highest BCUT2D eigenvalue weighted by Crippen LogP contribution is 2.33. The topological polar surface area (TPSA) is 77.5 Å². The summed E-state index contributed by atoms with van der Waals surface area (Å²) in [6, 6.07) is 15.6. The molecule has 0 aliphatic rings. The van der Waals surface area contributed by atoms with Crippen LogP contribution in [0.2, 0.25) is 0 Å². The number of hydrogen-bond donors (Lipinski definition) is 1. The standard InChI is InChI=1S/C31H37BrN2O4/c1-19(2)16-26-25(17-33-30(36)38-31(5,6)7)28(23-12-8-20(3)9-13-23)27(21(4)34-26)29(35)37-18-22-10-14-24(32)15-11-22/h8-15,19H,16-18H2,1-7H3,(H,33,36). The van der Waals surface area contributed by atoms with Crippen molar-refractivity contribution >= 4 is 28.0 Å². The Balaban J connectivity index is 2.10. The summed E-state index contributed by atoms with van der Waals surface area (Å²) >= 11 is 3.43. The molecule has 1 N–H and O–H groups in total. The number of aromatic nitrogens is 1. The fraction of sp³-hybridized carbons (Fsp3) is 0.387. The van der Waals surface area contributed by atoms with Crippen molar-refractivity contribution in [3.8, 4) is 11.1 Å². The molecule has 0 aliphatic heterocycles. The lowest BCUT2D eigenvalue weighted by atomic mass is 9.89. The first-order chi connectivity index (χ1) is 17.8. The number of carbonyl (C=O) groups excluding carboxylic acids is 2. The third kappa shape index (κ3) is 8.15. The number of nitrogens with zero attached hydrogens (tertiary/aromatic N) is 1. The first-order valence-corrected chi connectivity index (χ1v) is 13.6. The molecule has 202 valence electrons. The van der Waals surface area contributed by atoms with Crippen molar-refractivity contribution in [3.05, 3.63) is 86.6 Å². The molecule has 0 saturated heterocycles. The van der Waals surface area contributed by atoms with Crippen LogP contribution in [-0.4, -0.2) is 22.6 Å². The SMILES string of the molecule is Cc1ccc(-c2c(CNC(=O)OC(C)(C)C)c(CC(C)C)nc(C)c2C(=O)OCc2ccc(Br)cc2)cc1. The monoisotopic (exact) mass is 580 g/mol. The Bertz CT molecular complexity index is 1280. The van der Waals surface area contributed by atoms with E-state index in [-0.39, 0.29) is 13.2 Å². The van der Waals surface area contributed by atoms with Gasteiger partial charge in [0.2, 0.25) is 0 Å². The first kappa shape index (κ1) is 29.4. The fourth-order valence-electron chi connectivity index (χ4n) is 4.11. The summed E-state index contributed by atoms with van der Waals surface area (Å²) in [5, 5.41) is 2.88. The minimum atomic E-state index is -0.627. The number of hydrogen-bond acceptors (Lipinski definition) is 5. The third-order valence-corrected chi connectivity index (χ3v) is 6.33. The predicted molar refractivity (Wildman–Crippen MR) is 154 cm³/mol. The van der Waals surface area contributed by atoms with Gasteiger partial charge in [-0.2, -0.15) is 0 Å². The Hall–Kier alpha value is -3.19. The summed E-state index contributed by atoms with van der Waals surface area (Å²) in [5.74, 6) is -0.133. The van der Waals surface area contributed by atoms with Crippen LogP contribution in [0.25, 0.3) is 11.1 Å². The Morgan fingerprint density at radius 3 is 2.21 bits per heavy atom. The Kier molecular flexibility index (Phi) is 9.71. The molecule has 3 aromatic rings. The summed E-state index contributed by atoms with van der Waals surface area (Å²) in [5.41, 5.74) is 5.58. The van der Waals surface area contributed by atoms with Crippen LogP contribution in [0.3, 0.4) is 0 Å². The molecule has 0 aliphatic carbocycles. The predicted octanol–water partition coefficient (Wildman–Crippen LogP) is 7.71. The van der Waals surface area contributed by atoms with Gasteiger partial charge >= 0.3 is 12.1 Å². The summed E-state index contributed by atoms with van der Waals surface area (Å²) < 4.78 is 12.2. The number of ether oxygens (including phenoxy) is 2. The molecular weight excluding hydrogens is 544 g/mol. The Morgan fingerprint density at radius 1 is 1.00 bits per heavy atom. The average Bonchev–Trinajstić information content (AvgIpc) is 2.81. The molecule has 1 amide bonds. The number of pyridine rings is 1.